The standard InChI is InChI=1S/C25H22ClNO3/c1-17(23(28)19-10-6-3-7-11-19)25(30)21-16-20(26)12-13-22(21)27(24(25)29)15-14-18-8-4-2-5-9-18/h2-13,16-17,30H,14-15H2,1H3/t17-,25-/m1/s1. The highest BCUT2D eigenvalue weighted by Crippen LogP contribution is 2.46. The van der Waals surface area contributed by atoms with Gasteiger partial charge in [-0.3, -0.25) is 9.59 Å². The first-order valence-electron chi connectivity index (χ1n) is 9.90. The van der Waals surface area contributed by atoms with Crippen LogP contribution in [-0.2, 0) is 16.8 Å². The van der Waals surface area contributed by atoms with Crippen LogP contribution in [0.1, 0.15) is 28.4 Å². The van der Waals surface area contributed by atoms with Gasteiger partial charge in [-0.1, -0.05) is 79.2 Å². The van der Waals surface area contributed by atoms with Crippen molar-refractivity contribution < 1.29 is 14.7 Å². The Morgan fingerprint density at radius 2 is 1.67 bits per heavy atom. The summed E-state index contributed by atoms with van der Waals surface area (Å²) in [7, 11) is 0. The predicted octanol–water partition coefficient (Wildman–Crippen LogP) is 4.64. The number of halogens is 1. The number of hydrogen-bond donors (Lipinski definition) is 1. The number of hydrogen-bond acceptors (Lipinski definition) is 3. The summed E-state index contributed by atoms with van der Waals surface area (Å²) < 4.78 is 0. The second-order valence-corrected chi connectivity index (χ2v) is 8.01. The molecule has 4 nitrogen and oxygen atoms in total. The highest BCUT2D eigenvalue weighted by Gasteiger charge is 2.55. The molecule has 3 aromatic carbocycles. The minimum absolute atomic E-state index is 0.290. The molecule has 0 saturated carbocycles. The van der Waals surface area contributed by atoms with E-state index < -0.39 is 17.4 Å². The Bertz CT molecular complexity index is 1080. The first kappa shape index (κ1) is 20.3. The number of amides is 1. The molecule has 30 heavy (non-hydrogen) atoms. The molecule has 0 fully saturated rings. The third kappa shape index (κ3) is 3.42. The van der Waals surface area contributed by atoms with Crippen molar-refractivity contribution in [3.05, 3.63) is 101 Å². The van der Waals surface area contributed by atoms with Crippen LogP contribution in [0, 0.1) is 5.92 Å². The molecule has 1 N–H and O–H groups in total. The highest BCUT2D eigenvalue weighted by molar-refractivity contribution is 6.31. The average Bonchev–Trinajstić information content (AvgIpc) is 2.99. The van der Waals surface area contributed by atoms with E-state index in [1.54, 1.807) is 54.3 Å². The van der Waals surface area contributed by atoms with Crippen LogP contribution in [0.25, 0.3) is 0 Å². The first-order chi connectivity index (χ1) is 14.4. The fraction of sp³-hybridized carbons (Fsp3) is 0.200. The van der Waals surface area contributed by atoms with Crippen LogP contribution in [-0.4, -0.2) is 23.3 Å². The molecule has 5 heteroatoms. The van der Waals surface area contributed by atoms with Crippen molar-refractivity contribution in [2.75, 3.05) is 11.4 Å². The Kier molecular flexibility index (Phi) is 5.46. The molecule has 1 heterocycles. The Labute approximate surface area is 180 Å². The zero-order valence-electron chi connectivity index (χ0n) is 16.6. The summed E-state index contributed by atoms with van der Waals surface area (Å²) in [6.07, 6.45) is 0.631. The number of Topliss-reactive ketones (excluding diaryl/α,β-unsaturated/α-hetero) is 1. The summed E-state index contributed by atoms with van der Waals surface area (Å²) in [5, 5.41) is 12.0. The predicted molar refractivity (Wildman–Crippen MR) is 118 cm³/mol. The van der Waals surface area contributed by atoms with E-state index in [2.05, 4.69) is 0 Å². The molecule has 2 atom stereocenters. The van der Waals surface area contributed by atoms with E-state index in [0.29, 0.717) is 34.8 Å². The Hall–Kier alpha value is -2.95. The quantitative estimate of drug-likeness (QED) is 0.592. The summed E-state index contributed by atoms with van der Waals surface area (Å²) in [6.45, 7) is 1.99. The molecule has 0 saturated heterocycles. The number of fused-ring (bicyclic) bond motifs is 1. The SMILES string of the molecule is C[C@H](C(=O)c1ccccc1)[C@]1(O)C(=O)N(CCc2ccccc2)c2ccc(Cl)cc21. The summed E-state index contributed by atoms with van der Waals surface area (Å²) in [5.74, 6) is -1.75. The van der Waals surface area contributed by atoms with E-state index >= 15 is 0 Å². The molecule has 152 valence electrons. The molecule has 0 aromatic heterocycles. The van der Waals surface area contributed by atoms with Crippen molar-refractivity contribution in [3.63, 3.8) is 0 Å². The lowest BCUT2D eigenvalue weighted by molar-refractivity contribution is -0.139. The number of anilines is 1. The average molecular weight is 420 g/mol. The fourth-order valence-electron chi connectivity index (χ4n) is 4.05. The molecule has 3 aromatic rings. The summed E-state index contributed by atoms with van der Waals surface area (Å²) in [4.78, 5) is 28.1. The zero-order valence-corrected chi connectivity index (χ0v) is 17.3. The number of rotatable bonds is 6. The van der Waals surface area contributed by atoms with E-state index in [-0.39, 0.29) is 5.78 Å². The largest absolute Gasteiger partial charge is 0.375 e. The van der Waals surface area contributed by atoms with Gasteiger partial charge in [0.2, 0.25) is 0 Å². The van der Waals surface area contributed by atoms with E-state index in [4.69, 9.17) is 11.6 Å². The minimum atomic E-state index is -1.97. The lowest BCUT2D eigenvalue weighted by atomic mass is 9.79. The van der Waals surface area contributed by atoms with Gasteiger partial charge in [-0.2, -0.15) is 0 Å². The van der Waals surface area contributed by atoms with Gasteiger partial charge in [0, 0.05) is 22.7 Å². The molecular weight excluding hydrogens is 398 g/mol. The molecule has 0 bridgehead atoms. The minimum Gasteiger partial charge on any atom is -0.375 e. The number of benzene rings is 3. The zero-order chi connectivity index (χ0) is 21.3. The van der Waals surface area contributed by atoms with Crippen LogP contribution in [0.4, 0.5) is 5.69 Å². The highest BCUT2D eigenvalue weighted by atomic mass is 35.5. The number of ketones is 1. The van der Waals surface area contributed by atoms with Gasteiger partial charge in [-0.05, 0) is 30.2 Å². The van der Waals surface area contributed by atoms with Crippen LogP contribution in [0.2, 0.25) is 5.02 Å². The van der Waals surface area contributed by atoms with Gasteiger partial charge in [-0.15, -0.1) is 0 Å². The van der Waals surface area contributed by atoms with Crippen molar-refractivity contribution in [3.8, 4) is 0 Å². The van der Waals surface area contributed by atoms with E-state index in [1.165, 1.54) is 0 Å². The Morgan fingerprint density at radius 3 is 2.33 bits per heavy atom. The maximum absolute atomic E-state index is 13.5. The lowest BCUT2D eigenvalue weighted by Gasteiger charge is -2.28. The second kappa shape index (κ2) is 8.05. The molecule has 1 amide bonds. The van der Waals surface area contributed by atoms with Gasteiger partial charge in [0.25, 0.3) is 5.91 Å². The van der Waals surface area contributed by atoms with Crippen molar-refractivity contribution in [2.24, 2.45) is 5.92 Å². The number of carbonyl (C=O) groups excluding carboxylic acids is 2. The van der Waals surface area contributed by atoms with Gasteiger partial charge in [-0.25, -0.2) is 0 Å². The fourth-order valence-corrected chi connectivity index (χ4v) is 4.22. The monoisotopic (exact) mass is 419 g/mol. The molecular formula is C25H22ClNO3. The number of aliphatic hydroxyl groups is 1. The van der Waals surface area contributed by atoms with Gasteiger partial charge in [0.1, 0.15) is 0 Å². The van der Waals surface area contributed by atoms with Gasteiger partial charge < -0.3 is 10.0 Å². The number of nitrogens with zero attached hydrogens (tertiary/aromatic N) is 1. The van der Waals surface area contributed by atoms with Gasteiger partial charge in [0.15, 0.2) is 11.4 Å². The first-order valence-corrected chi connectivity index (χ1v) is 10.3. The maximum Gasteiger partial charge on any atom is 0.264 e. The van der Waals surface area contributed by atoms with Crippen LogP contribution in [0.15, 0.2) is 78.9 Å². The third-order valence-corrected chi connectivity index (χ3v) is 6.01. The molecule has 4 rings (SSSR count). The topological polar surface area (TPSA) is 57.6 Å². The smallest absolute Gasteiger partial charge is 0.264 e. The van der Waals surface area contributed by atoms with E-state index in [0.717, 1.165) is 5.56 Å². The van der Waals surface area contributed by atoms with Crippen LogP contribution >= 0.6 is 11.6 Å². The summed E-state index contributed by atoms with van der Waals surface area (Å²) in [5.41, 5.74) is 0.548. The van der Waals surface area contributed by atoms with Crippen molar-refractivity contribution >= 4 is 29.0 Å². The van der Waals surface area contributed by atoms with E-state index in [9.17, 15) is 14.7 Å². The summed E-state index contributed by atoms with van der Waals surface area (Å²) in [6, 6.07) is 23.6. The normalized spacial score (nSPS) is 18.9. The Balaban J connectivity index is 1.70. The summed E-state index contributed by atoms with van der Waals surface area (Å²) >= 11 is 6.19. The maximum atomic E-state index is 13.5. The van der Waals surface area contributed by atoms with Crippen LogP contribution in [0.5, 0.6) is 0 Å². The van der Waals surface area contributed by atoms with Crippen molar-refractivity contribution in [1.29, 1.82) is 0 Å². The second-order valence-electron chi connectivity index (χ2n) is 7.57. The molecule has 0 radical (unpaired) electrons. The number of carbonyl (C=O) groups is 2. The molecule has 1 aliphatic rings. The van der Waals surface area contributed by atoms with Crippen molar-refractivity contribution in [2.45, 2.75) is 18.9 Å². The third-order valence-electron chi connectivity index (χ3n) is 5.78. The van der Waals surface area contributed by atoms with Gasteiger partial charge >= 0.3 is 0 Å². The van der Waals surface area contributed by atoms with Gasteiger partial charge in [0.05, 0.1) is 11.6 Å². The molecule has 0 unspecified atom stereocenters. The molecule has 0 aliphatic carbocycles. The van der Waals surface area contributed by atoms with E-state index in [1.807, 2.05) is 36.4 Å². The van der Waals surface area contributed by atoms with Crippen LogP contribution in [0.3, 0.4) is 0 Å². The van der Waals surface area contributed by atoms with Crippen LogP contribution < -0.4 is 4.90 Å². The lowest BCUT2D eigenvalue weighted by Crippen LogP contribution is -2.47. The molecule has 0 spiro atoms. The Morgan fingerprint density at radius 1 is 1.03 bits per heavy atom. The van der Waals surface area contributed by atoms with Crippen molar-refractivity contribution in [1.82, 2.24) is 0 Å². The molecule has 1 aliphatic heterocycles.